The Bertz CT molecular complexity index is 498. The van der Waals surface area contributed by atoms with Crippen molar-refractivity contribution in [1.82, 2.24) is 9.88 Å². The fraction of sp³-hybridized carbons (Fsp3) is 0.500. The molecule has 0 bridgehead atoms. The van der Waals surface area contributed by atoms with Crippen LogP contribution in [0.5, 0.6) is 0 Å². The lowest BCUT2D eigenvalue weighted by Crippen LogP contribution is -2.41. The Morgan fingerprint density at radius 2 is 2.05 bits per heavy atom. The molecule has 1 aromatic heterocycles. The van der Waals surface area contributed by atoms with E-state index in [1.807, 2.05) is 13.8 Å². The minimum atomic E-state index is -0.209. The maximum absolute atomic E-state index is 12.5. The van der Waals surface area contributed by atoms with Crippen LogP contribution in [0.3, 0.4) is 0 Å². The van der Waals surface area contributed by atoms with Gasteiger partial charge in [0.05, 0.1) is 6.61 Å². The van der Waals surface area contributed by atoms with Crippen LogP contribution in [0.1, 0.15) is 42.7 Å². The third-order valence-electron chi connectivity index (χ3n) is 3.28. The number of hydrogen-bond donors (Lipinski definition) is 2. The van der Waals surface area contributed by atoms with Crippen LogP contribution in [0.15, 0.2) is 18.3 Å². The van der Waals surface area contributed by atoms with E-state index in [0.29, 0.717) is 17.8 Å². The highest BCUT2D eigenvalue weighted by Crippen LogP contribution is 2.12. The molecule has 1 amide bonds. The Labute approximate surface area is 125 Å². The molecule has 5 heteroatoms. The Kier molecular flexibility index (Phi) is 7.44. The van der Waals surface area contributed by atoms with Gasteiger partial charge in [-0.2, -0.15) is 0 Å². The maximum Gasteiger partial charge on any atom is 0.272 e. The standard InChI is InChI=1S/C16H22N2O3/c1-3-14(4-2)18(9-11-20)16(21)15-8-7-13(12-17-15)6-5-10-19/h7-8,12,14,19-20H,3-4,9-11H2,1-2H3. The average Bonchev–Trinajstić information content (AvgIpc) is 2.53. The Hall–Kier alpha value is -1.90. The predicted octanol–water partition coefficient (Wildman–Crippen LogP) is 1.05. The highest BCUT2D eigenvalue weighted by atomic mass is 16.3. The molecular formula is C16H22N2O3. The second kappa shape index (κ2) is 9.11. The van der Waals surface area contributed by atoms with Gasteiger partial charge in [0, 0.05) is 24.3 Å². The van der Waals surface area contributed by atoms with Crippen LogP contribution >= 0.6 is 0 Å². The van der Waals surface area contributed by atoms with Crippen LogP contribution < -0.4 is 0 Å². The lowest BCUT2D eigenvalue weighted by molar-refractivity contribution is 0.0616. The van der Waals surface area contributed by atoms with Gasteiger partial charge in [0.15, 0.2) is 0 Å². The Balaban J connectivity index is 2.93. The van der Waals surface area contributed by atoms with E-state index in [0.717, 1.165) is 12.8 Å². The first-order valence-corrected chi connectivity index (χ1v) is 7.15. The summed E-state index contributed by atoms with van der Waals surface area (Å²) in [7, 11) is 0. The number of rotatable bonds is 6. The molecule has 0 aromatic carbocycles. The summed E-state index contributed by atoms with van der Waals surface area (Å²) in [4.78, 5) is 18.3. The van der Waals surface area contributed by atoms with Crippen molar-refractivity contribution in [3.05, 3.63) is 29.6 Å². The first-order valence-electron chi connectivity index (χ1n) is 7.15. The number of pyridine rings is 1. The van der Waals surface area contributed by atoms with Gasteiger partial charge >= 0.3 is 0 Å². The van der Waals surface area contributed by atoms with E-state index in [9.17, 15) is 4.79 Å². The van der Waals surface area contributed by atoms with Gasteiger partial charge in [0.25, 0.3) is 5.91 Å². The van der Waals surface area contributed by atoms with Crippen molar-refractivity contribution >= 4 is 5.91 Å². The summed E-state index contributed by atoms with van der Waals surface area (Å²) in [5.41, 5.74) is 0.988. The van der Waals surface area contributed by atoms with Crippen LogP contribution in [-0.2, 0) is 0 Å². The SMILES string of the molecule is CCC(CC)N(CCO)C(=O)c1ccc(C#CCO)cn1. The lowest BCUT2D eigenvalue weighted by Gasteiger charge is -2.29. The molecule has 0 aliphatic carbocycles. The van der Waals surface area contributed by atoms with Crippen LogP contribution in [0.4, 0.5) is 0 Å². The van der Waals surface area contributed by atoms with Crippen molar-refractivity contribution in [1.29, 1.82) is 0 Å². The molecule has 2 N–H and O–H groups in total. The van der Waals surface area contributed by atoms with Gasteiger partial charge in [-0.3, -0.25) is 4.79 Å². The van der Waals surface area contributed by atoms with E-state index in [1.54, 1.807) is 17.0 Å². The summed E-state index contributed by atoms with van der Waals surface area (Å²) < 4.78 is 0. The van der Waals surface area contributed by atoms with E-state index in [2.05, 4.69) is 16.8 Å². The highest BCUT2D eigenvalue weighted by molar-refractivity contribution is 5.92. The number of hydrogen-bond acceptors (Lipinski definition) is 4. The van der Waals surface area contributed by atoms with Crippen molar-refractivity contribution in [2.45, 2.75) is 32.7 Å². The van der Waals surface area contributed by atoms with Gasteiger partial charge in [0.2, 0.25) is 0 Å². The molecule has 0 aliphatic heterocycles. The number of carbonyl (C=O) groups is 1. The molecule has 0 aliphatic rings. The largest absolute Gasteiger partial charge is 0.395 e. The van der Waals surface area contributed by atoms with E-state index < -0.39 is 0 Å². The smallest absolute Gasteiger partial charge is 0.272 e. The minimum Gasteiger partial charge on any atom is -0.395 e. The zero-order chi connectivity index (χ0) is 15.7. The van der Waals surface area contributed by atoms with Crippen LogP contribution in [0.25, 0.3) is 0 Å². The molecule has 0 fully saturated rings. The molecule has 0 saturated heterocycles. The summed E-state index contributed by atoms with van der Waals surface area (Å²) in [5.74, 6) is 5.08. The topological polar surface area (TPSA) is 73.7 Å². The number of carbonyl (C=O) groups excluding carboxylic acids is 1. The molecule has 0 saturated carbocycles. The Morgan fingerprint density at radius 1 is 1.33 bits per heavy atom. The second-order valence-corrected chi connectivity index (χ2v) is 4.58. The van der Waals surface area contributed by atoms with E-state index in [4.69, 9.17) is 10.2 Å². The molecule has 0 atom stereocenters. The van der Waals surface area contributed by atoms with Crippen molar-refractivity contribution in [2.24, 2.45) is 0 Å². The summed E-state index contributed by atoms with van der Waals surface area (Å²) in [5, 5.41) is 17.8. The van der Waals surface area contributed by atoms with E-state index >= 15 is 0 Å². The van der Waals surface area contributed by atoms with Crippen LogP contribution in [0.2, 0.25) is 0 Å². The van der Waals surface area contributed by atoms with Crippen molar-refractivity contribution < 1.29 is 15.0 Å². The zero-order valence-electron chi connectivity index (χ0n) is 12.5. The summed E-state index contributed by atoms with van der Waals surface area (Å²) in [6.07, 6.45) is 3.19. The van der Waals surface area contributed by atoms with Gasteiger partial charge in [-0.05, 0) is 25.0 Å². The molecular weight excluding hydrogens is 268 g/mol. The van der Waals surface area contributed by atoms with Crippen molar-refractivity contribution in [3.8, 4) is 11.8 Å². The number of aliphatic hydroxyl groups excluding tert-OH is 2. The van der Waals surface area contributed by atoms with E-state index in [-0.39, 0.29) is 25.2 Å². The predicted molar refractivity (Wildman–Crippen MR) is 80.7 cm³/mol. The number of amides is 1. The first-order chi connectivity index (χ1) is 10.2. The number of aromatic nitrogens is 1. The Morgan fingerprint density at radius 3 is 2.52 bits per heavy atom. The van der Waals surface area contributed by atoms with Crippen molar-refractivity contribution in [2.75, 3.05) is 19.8 Å². The van der Waals surface area contributed by atoms with Gasteiger partial charge < -0.3 is 15.1 Å². The van der Waals surface area contributed by atoms with E-state index in [1.165, 1.54) is 6.20 Å². The normalized spacial score (nSPS) is 10.1. The second-order valence-electron chi connectivity index (χ2n) is 4.58. The van der Waals surface area contributed by atoms with Crippen LogP contribution in [-0.4, -0.2) is 51.8 Å². The average molecular weight is 290 g/mol. The van der Waals surface area contributed by atoms with Gasteiger partial charge in [0.1, 0.15) is 12.3 Å². The molecule has 21 heavy (non-hydrogen) atoms. The fourth-order valence-corrected chi connectivity index (χ4v) is 2.17. The number of nitrogens with zero attached hydrogens (tertiary/aromatic N) is 2. The molecule has 1 aromatic rings. The minimum absolute atomic E-state index is 0.0672. The van der Waals surface area contributed by atoms with Crippen LogP contribution in [0, 0.1) is 11.8 Å². The molecule has 5 nitrogen and oxygen atoms in total. The molecule has 114 valence electrons. The fourth-order valence-electron chi connectivity index (χ4n) is 2.17. The zero-order valence-corrected chi connectivity index (χ0v) is 12.5. The molecule has 1 rings (SSSR count). The summed E-state index contributed by atoms with van der Waals surface area (Å²) >= 11 is 0. The molecule has 0 radical (unpaired) electrons. The highest BCUT2D eigenvalue weighted by Gasteiger charge is 2.22. The molecule has 0 spiro atoms. The first kappa shape index (κ1) is 17.2. The monoisotopic (exact) mass is 290 g/mol. The third-order valence-corrected chi connectivity index (χ3v) is 3.28. The summed E-state index contributed by atoms with van der Waals surface area (Å²) in [6.45, 7) is 4.07. The maximum atomic E-state index is 12.5. The summed E-state index contributed by atoms with van der Waals surface area (Å²) in [6, 6.07) is 3.42. The van der Waals surface area contributed by atoms with Gasteiger partial charge in [-0.25, -0.2) is 4.98 Å². The third kappa shape index (κ3) is 4.85. The molecule has 1 heterocycles. The van der Waals surface area contributed by atoms with Gasteiger partial charge in [-0.1, -0.05) is 25.7 Å². The lowest BCUT2D eigenvalue weighted by atomic mass is 10.1. The number of aliphatic hydroxyl groups is 2. The van der Waals surface area contributed by atoms with Gasteiger partial charge in [-0.15, -0.1) is 0 Å². The quantitative estimate of drug-likeness (QED) is 0.768. The molecule has 0 unspecified atom stereocenters. The van der Waals surface area contributed by atoms with Crippen molar-refractivity contribution in [3.63, 3.8) is 0 Å².